The quantitative estimate of drug-likeness (QED) is 0.383. The van der Waals surface area contributed by atoms with Crippen LogP contribution in [0.2, 0.25) is 0 Å². The number of benzene rings is 1. The van der Waals surface area contributed by atoms with Gasteiger partial charge in [-0.05, 0) is 44.4 Å². The molecule has 0 radical (unpaired) electrons. The average Bonchev–Trinajstić information content (AvgIpc) is 2.64. The Labute approximate surface area is 166 Å². The molecule has 0 aliphatic heterocycles. The number of rotatable bonds is 8. The van der Waals surface area contributed by atoms with Crippen molar-refractivity contribution >= 4 is 28.8 Å². The lowest BCUT2D eigenvalue weighted by molar-refractivity contribution is -0.168. The zero-order valence-corrected chi connectivity index (χ0v) is 16.4. The first-order chi connectivity index (χ1) is 13.7. The van der Waals surface area contributed by atoms with E-state index in [1.54, 1.807) is 19.9 Å². The summed E-state index contributed by atoms with van der Waals surface area (Å²) in [5.74, 6) is -2.59. The molecule has 0 aliphatic rings. The lowest BCUT2D eigenvalue weighted by Gasteiger charge is -2.29. The molecule has 0 atom stereocenters. The summed E-state index contributed by atoms with van der Waals surface area (Å²) in [5.41, 5.74) is -2.09. The molecule has 0 aliphatic carbocycles. The van der Waals surface area contributed by atoms with E-state index in [9.17, 15) is 24.3 Å². The fourth-order valence-electron chi connectivity index (χ4n) is 3.01. The van der Waals surface area contributed by atoms with Gasteiger partial charge in [0.25, 0.3) is 0 Å². The molecule has 9 heteroatoms. The number of carbonyl (C=O) groups excluding carboxylic acids is 3. The summed E-state index contributed by atoms with van der Waals surface area (Å²) >= 11 is 0. The Morgan fingerprint density at radius 3 is 2.28 bits per heavy atom. The number of amides is 1. The number of nitrogens with one attached hydrogen (secondary N) is 1. The first-order valence-electron chi connectivity index (χ1n) is 9.12. The molecule has 0 unspecified atom stereocenters. The molecule has 2 N–H and O–H groups in total. The highest BCUT2D eigenvalue weighted by molar-refractivity contribution is 6.07. The van der Waals surface area contributed by atoms with Gasteiger partial charge in [-0.15, -0.1) is 0 Å². The van der Waals surface area contributed by atoms with Crippen LogP contribution < -0.4 is 10.9 Å². The lowest BCUT2D eigenvalue weighted by Crippen LogP contribution is -2.61. The average molecular weight is 405 g/mol. The van der Waals surface area contributed by atoms with Crippen LogP contribution in [0.5, 0.6) is 5.75 Å². The first-order valence-corrected chi connectivity index (χ1v) is 9.12. The van der Waals surface area contributed by atoms with Crippen molar-refractivity contribution < 1.29 is 33.4 Å². The predicted molar refractivity (Wildman–Crippen MR) is 102 cm³/mol. The van der Waals surface area contributed by atoms with Crippen LogP contribution in [0.25, 0.3) is 11.0 Å². The number of fused-ring (bicyclic) bond motifs is 1. The molecule has 156 valence electrons. The molecule has 1 amide bonds. The van der Waals surface area contributed by atoms with E-state index in [1.165, 1.54) is 25.1 Å². The maximum absolute atomic E-state index is 12.7. The minimum absolute atomic E-state index is 0.00327. The Hall–Kier alpha value is -3.36. The third-order valence-corrected chi connectivity index (χ3v) is 4.22. The normalized spacial score (nSPS) is 11.1. The fourth-order valence-corrected chi connectivity index (χ4v) is 3.01. The van der Waals surface area contributed by atoms with Crippen molar-refractivity contribution in [3.05, 3.63) is 40.2 Å². The maximum Gasteiger partial charge on any atom is 0.343 e. The zero-order chi connectivity index (χ0) is 21.6. The largest absolute Gasteiger partial charge is 0.508 e. The Morgan fingerprint density at radius 1 is 1.10 bits per heavy atom. The lowest BCUT2D eigenvalue weighted by atomic mass is 9.90. The van der Waals surface area contributed by atoms with Gasteiger partial charge in [0.15, 0.2) is 0 Å². The van der Waals surface area contributed by atoms with Crippen LogP contribution >= 0.6 is 0 Å². The zero-order valence-electron chi connectivity index (χ0n) is 16.4. The van der Waals surface area contributed by atoms with Crippen molar-refractivity contribution in [2.24, 2.45) is 0 Å². The monoisotopic (exact) mass is 405 g/mol. The van der Waals surface area contributed by atoms with Gasteiger partial charge < -0.3 is 24.3 Å². The van der Waals surface area contributed by atoms with Gasteiger partial charge in [0.05, 0.1) is 13.2 Å². The highest BCUT2D eigenvalue weighted by Gasteiger charge is 2.49. The summed E-state index contributed by atoms with van der Waals surface area (Å²) in [6.07, 6.45) is -0.158. The van der Waals surface area contributed by atoms with Gasteiger partial charge in [0, 0.05) is 24.4 Å². The number of hydrogen-bond donors (Lipinski definition) is 2. The van der Waals surface area contributed by atoms with Crippen LogP contribution in [0.4, 0.5) is 0 Å². The molecule has 2 rings (SSSR count). The molecule has 1 aromatic heterocycles. The summed E-state index contributed by atoms with van der Waals surface area (Å²) in [5, 5.41) is 12.5. The first kappa shape index (κ1) is 21.9. The van der Waals surface area contributed by atoms with E-state index in [2.05, 4.69) is 5.32 Å². The van der Waals surface area contributed by atoms with Crippen molar-refractivity contribution in [2.45, 2.75) is 39.2 Å². The van der Waals surface area contributed by atoms with Crippen molar-refractivity contribution in [2.75, 3.05) is 13.2 Å². The third kappa shape index (κ3) is 4.92. The second kappa shape index (κ2) is 9.22. The van der Waals surface area contributed by atoms with Gasteiger partial charge in [-0.25, -0.2) is 14.4 Å². The topological polar surface area (TPSA) is 132 Å². The second-order valence-electron chi connectivity index (χ2n) is 6.30. The summed E-state index contributed by atoms with van der Waals surface area (Å²) < 4.78 is 15.1. The number of esters is 2. The summed E-state index contributed by atoms with van der Waals surface area (Å²) in [4.78, 5) is 49.0. The van der Waals surface area contributed by atoms with Crippen LogP contribution in [0.15, 0.2) is 33.5 Å². The van der Waals surface area contributed by atoms with Gasteiger partial charge >= 0.3 is 17.6 Å². The minimum Gasteiger partial charge on any atom is -0.508 e. The van der Waals surface area contributed by atoms with E-state index >= 15 is 0 Å². The highest BCUT2D eigenvalue weighted by atomic mass is 16.6. The molecule has 29 heavy (non-hydrogen) atoms. The van der Waals surface area contributed by atoms with Crippen LogP contribution in [-0.4, -0.2) is 41.7 Å². The third-order valence-electron chi connectivity index (χ3n) is 4.22. The standard InChI is InChI=1S/C20H23NO8/c1-4-27-18(25)20(21-12(3)22,19(26)28-5-2)9-8-13-10-17(24)29-16-11-14(23)6-7-15(13)16/h6-7,10-11,23H,4-5,8-9H2,1-3H3,(H,21,22). The van der Waals surface area contributed by atoms with E-state index in [1.807, 2.05) is 0 Å². The molecule has 9 nitrogen and oxygen atoms in total. The Bertz CT molecular complexity index is 960. The van der Waals surface area contributed by atoms with Crippen molar-refractivity contribution in [1.29, 1.82) is 0 Å². The molecule has 0 spiro atoms. The molecular weight excluding hydrogens is 382 g/mol. The SMILES string of the molecule is CCOC(=O)C(CCc1cc(=O)oc2cc(O)ccc12)(NC(C)=O)C(=O)OCC. The molecular formula is C20H23NO8. The number of phenols is 1. The molecule has 2 aromatic rings. The van der Waals surface area contributed by atoms with Crippen LogP contribution in [0, 0.1) is 0 Å². The van der Waals surface area contributed by atoms with Gasteiger partial charge in [-0.1, -0.05) is 0 Å². The van der Waals surface area contributed by atoms with Gasteiger partial charge in [-0.3, -0.25) is 4.79 Å². The molecule has 0 saturated carbocycles. The van der Waals surface area contributed by atoms with E-state index in [4.69, 9.17) is 13.9 Å². The number of ether oxygens (including phenoxy) is 2. The van der Waals surface area contributed by atoms with Gasteiger partial charge in [0.2, 0.25) is 11.4 Å². The van der Waals surface area contributed by atoms with Crippen molar-refractivity contribution in [3.8, 4) is 5.75 Å². The second-order valence-corrected chi connectivity index (χ2v) is 6.30. The fraction of sp³-hybridized carbons (Fsp3) is 0.400. The maximum atomic E-state index is 12.7. The van der Waals surface area contributed by atoms with Crippen LogP contribution in [0.3, 0.4) is 0 Å². The Morgan fingerprint density at radius 2 is 1.72 bits per heavy atom. The Kier molecular flexibility index (Phi) is 6.98. The number of hydrogen-bond acceptors (Lipinski definition) is 8. The van der Waals surface area contributed by atoms with E-state index < -0.39 is 29.0 Å². The van der Waals surface area contributed by atoms with E-state index in [0.717, 1.165) is 0 Å². The molecule has 1 heterocycles. The molecule has 1 aromatic carbocycles. The van der Waals surface area contributed by atoms with Crippen molar-refractivity contribution in [3.63, 3.8) is 0 Å². The van der Waals surface area contributed by atoms with Crippen molar-refractivity contribution in [1.82, 2.24) is 5.32 Å². The smallest absolute Gasteiger partial charge is 0.343 e. The molecule has 0 saturated heterocycles. The minimum atomic E-state index is -2.06. The van der Waals surface area contributed by atoms with Gasteiger partial charge in [0.1, 0.15) is 11.3 Å². The number of phenolic OH excluding ortho intramolecular Hbond substituents is 1. The van der Waals surface area contributed by atoms with E-state index in [0.29, 0.717) is 10.9 Å². The number of aromatic hydroxyl groups is 1. The van der Waals surface area contributed by atoms with Crippen LogP contribution in [-0.2, 0) is 30.3 Å². The highest BCUT2D eigenvalue weighted by Crippen LogP contribution is 2.25. The van der Waals surface area contributed by atoms with E-state index in [-0.39, 0.29) is 37.4 Å². The Balaban J connectivity index is 2.49. The van der Waals surface area contributed by atoms with Gasteiger partial charge in [-0.2, -0.15) is 0 Å². The number of carbonyl (C=O) groups is 3. The number of aryl methyl sites for hydroxylation is 1. The molecule has 0 bridgehead atoms. The van der Waals surface area contributed by atoms with Crippen LogP contribution in [0.1, 0.15) is 32.8 Å². The summed E-state index contributed by atoms with van der Waals surface area (Å²) in [7, 11) is 0. The summed E-state index contributed by atoms with van der Waals surface area (Å²) in [6.45, 7) is 4.31. The molecule has 0 fully saturated rings. The predicted octanol–water partition coefficient (Wildman–Crippen LogP) is 1.43. The summed E-state index contributed by atoms with van der Waals surface area (Å²) in [6, 6.07) is 5.49.